The summed E-state index contributed by atoms with van der Waals surface area (Å²) in [7, 11) is 6.38. The van der Waals surface area contributed by atoms with E-state index in [1.54, 1.807) is 45.5 Å². The highest BCUT2D eigenvalue weighted by molar-refractivity contribution is 5.87. The van der Waals surface area contributed by atoms with E-state index in [9.17, 15) is 4.79 Å². The molecule has 1 unspecified atom stereocenters. The lowest BCUT2D eigenvalue weighted by atomic mass is 9.94. The molecule has 1 aromatic heterocycles. The van der Waals surface area contributed by atoms with E-state index >= 15 is 0 Å². The third-order valence-electron chi connectivity index (χ3n) is 6.05. The highest BCUT2D eigenvalue weighted by Gasteiger charge is 2.35. The maximum absolute atomic E-state index is 13.1. The first-order valence-electron chi connectivity index (χ1n) is 11.5. The Morgan fingerprint density at radius 1 is 1.03 bits per heavy atom. The molecule has 190 valence electrons. The zero-order valence-electron chi connectivity index (χ0n) is 21.0. The van der Waals surface area contributed by atoms with E-state index in [-0.39, 0.29) is 6.03 Å². The first kappa shape index (κ1) is 25.1. The Kier molecular flexibility index (Phi) is 7.74. The number of hydrogen-bond donors (Lipinski definition) is 1. The maximum atomic E-state index is 13.1. The molecule has 2 amide bonds. The molecule has 10 heteroatoms. The number of nitrogens with zero attached hydrogens (tertiary/aromatic N) is 3. The van der Waals surface area contributed by atoms with Gasteiger partial charge in [0.25, 0.3) is 5.89 Å². The number of rotatable bonds is 10. The Hall–Kier alpha value is -4.05. The summed E-state index contributed by atoms with van der Waals surface area (Å²) in [6, 6.07) is 12.2. The van der Waals surface area contributed by atoms with Gasteiger partial charge in [-0.2, -0.15) is 4.98 Å². The van der Waals surface area contributed by atoms with E-state index in [0.29, 0.717) is 59.7 Å². The van der Waals surface area contributed by atoms with Gasteiger partial charge in [0.15, 0.2) is 11.5 Å². The zero-order chi connectivity index (χ0) is 25.7. The van der Waals surface area contributed by atoms with Crippen LogP contribution in [-0.2, 0) is 4.74 Å². The smallest absolute Gasteiger partial charge is 0.322 e. The van der Waals surface area contributed by atoms with Gasteiger partial charge in [0, 0.05) is 31.5 Å². The minimum absolute atomic E-state index is 0.209. The van der Waals surface area contributed by atoms with E-state index in [1.165, 1.54) is 0 Å². The maximum Gasteiger partial charge on any atom is 0.322 e. The number of carbonyl (C=O) groups excluding carboxylic acids is 1. The van der Waals surface area contributed by atoms with Gasteiger partial charge in [-0.15, -0.1) is 0 Å². The van der Waals surface area contributed by atoms with Crippen LogP contribution in [0.3, 0.4) is 0 Å². The van der Waals surface area contributed by atoms with Crippen LogP contribution in [0.25, 0.3) is 17.0 Å². The van der Waals surface area contributed by atoms with Crippen molar-refractivity contribution < 1.29 is 28.3 Å². The van der Waals surface area contributed by atoms with Crippen molar-refractivity contribution in [3.05, 3.63) is 59.6 Å². The molecule has 2 aromatic carbocycles. The molecule has 0 spiro atoms. The lowest BCUT2D eigenvalue weighted by molar-refractivity contribution is 0.174. The van der Waals surface area contributed by atoms with Crippen molar-refractivity contribution in [2.75, 3.05) is 41.6 Å². The number of urea groups is 1. The Bertz CT molecular complexity index is 1250. The van der Waals surface area contributed by atoms with Crippen LogP contribution < -0.4 is 19.5 Å². The van der Waals surface area contributed by atoms with Crippen LogP contribution in [0.1, 0.15) is 30.8 Å². The largest absolute Gasteiger partial charge is 0.497 e. The van der Waals surface area contributed by atoms with Crippen molar-refractivity contribution in [1.29, 1.82) is 0 Å². The average Bonchev–Trinajstić information content (AvgIpc) is 3.39. The van der Waals surface area contributed by atoms with Crippen molar-refractivity contribution in [3.63, 3.8) is 0 Å². The molecule has 1 aliphatic rings. The Balaban J connectivity index is 1.78. The van der Waals surface area contributed by atoms with E-state index in [0.717, 1.165) is 11.3 Å². The lowest BCUT2D eigenvalue weighted by Crippen LogP contribution is -2.46. The predicted octanol–water partition coefficient (Wildman–Crippen LogP) is 4.30. The highest BCUT2D eigenvalue weighted by Crippen LogP contribution is 2.39. The number of ether oxygens (including phenoxy) is 4. The number of aromatic nitrogens is 2. The molecule has 0 saturated carbocycles. The summed E-state index contributed by atoms with van der Waals surface area (Å²) in [5, 5.41) is 7.31. The average molecular weight is 495 g/mol. The molecule has 36 heavy (non-hydrogen) atoms. The zero-order valence-corrected chi connectivity index (χ0v) is 21.0. The van der Waals surface area contributed by atoms with E-state index < -0.39 is 6.04 Å². The van der Waals surface area contributed by atoms with Crippen LogP contribution in [0.15, 0.2) is 52.7 Å². The molecule has 0 radical (unpaired) electrons. The molecule has 1 N–H and O–H groups in total. The normalized spacial score (nSPS) is 15.6. The fraction of sp³-hybridized carbons (Fsp3) is 0.346. The van der Waals surface area contributed by atoms with Crippen molar-refractivity contribution in [2.24, 2.45) is 0 Å². The quantitative estimate of drug-likeness (QED) is 0.416. The fourth-order valence-electron chi connectivity index (χ4n) is 4.19. The second-order valence-corrected chi connectivity index (χ2v) is 8.15. The summed E-state index contributed by atoms with van der Waals surface area (Å²) in [6.45, 7) is 2.90. The monoisotopic (exact) mass is 494 g/mol. The van der Waals surface area contributed by atoms with Gasteiger partial charge in [-0.1, -0.05) is 17.3 Å². The molecule has 4 rings (SSSR count). The van der Waals surface area contributed by atoms with Gasteiger partial charge >= 0.3 is 6.03 Å². The van der Waals surface area contributed by atoms with Crippen molar-refractivity contribution >= 4 is 11.6 Å². The summed E-state index contributed by atoms with van der Waals surface area (Å²) in [5.74, 6) is 2.53. The van der Waals surface area contributed by atoms with Gasteiger partial charge in [-0.25, -0.2) is 4.79 Å². The second-order valence-electron chi connectivity index (χ2n) is 8.15. The van der Waals surface area contributed by atoms with Crippen LogP contribution in [0, 0.1) is 0 Å². The summed E-state index contributed by atoms with van der Waals surface area (Å²) < 4.78 is 27.1. The van der Waals surface area contributed by atoms with Crippen LogP contribution in [0.2, 0.25) is 0 Å². The topological polar surface area (TPSA) is 108 Å². The molecular weight excluding hydrogens is 464 g/mol. The molecule has 10 nitrogen and oxygen atoms in total. The molecule has 0 fully saturated rings. The number of methoxy groups -OCH3 is 4. The van der Waals surface area contributed by atoms with Gasteiger partial charge in [-0.05, 0) is 49.2 Å². The molecule has 0 saturated heterocycles. The number of hydrogen-bond acceptors (Lipinski definition) is 8. The standard InChI is InChI=1S/C26H30N4O6/c1-16-22(25-28-24(29-36-25)18-10-11-20(34-4)21(15-18)35-5)23(17-8-6-9-19(14-17)33-3)27-26(31)30(16)12-7-13-32-2/h6,8-11,14-15,23H,7,12-13H2,1-5H3,(H,27,31). The summed E-state index contributed by atoms with van der Waals surface area (Å²) in [5.41, 5.74) is 2.97. The molecule has 0 aliphatic carbocycles. The number of amides is 2. The molecule has 0 bridgehead atoms. The van der Waals surface area contributed by atoms with Gasteiger partial charge in [-0.3, -0.25) is 4.90 Å². The predicted molar refractivity (Wildman–Crippen MR) is 133 cm³/mol. The van der Waals surface area contributed by atoms with Crippen LogP contribution in [0.4, 0.5) is 4.79 Å². The van der Waals surface area contributed by atoms with Gasteiger partial charge in [0.2, 0.25) is 5.82 Å². The second kappa shape index (κ2) is 11.1. The lowest BCUT2D eigenvalue weighted by Gasteiger charge is -2.35. The van der Waals surface area contributed by atoms with Crippen molar-refractivity contribution in [3.8, 4) is 28.6 Å². The Morgan fingerprint density at radius 2 is 1.83 bits per heavy atom. The van der Waals surface area contributed by atoms with Gasteiger partial charge in [0.05, 0.1) is 32.9 Å². The first-order valence-corrected chi connectivity index (χ1v) is 11.5. The van der Waals surface area contributed by atoms with E-state index in [1.807, 2.05) is 37.3 Å². The SMILES string of the molecule is COCCCN1C(=O)NC(c2cccc(OC)c2)C(c2nc(-c3ccc(OC)c(OC)c3)no2)=C1C. The summed E-state index contributed by atoms with van der Waals surface area (Å²) >= 11 is 0. The van der Waals surface area contributed by atoms with Crippen LogP contribution in [-0.4, -0.2) is 62.7 Å². The number of nitrogens with one attached hydrogen (secondary N) is 1. The van der Waals surface area contributed by atoms with Gasteiger partial charge in [0.1, 0.15) is 5.75 Å². The molecule has 1 atom stereocenters. The highest BCUT2D eigenvalue weighted by atomic mass is 16.5. The molecule has 3 aromatic rings. The number of allylic oxidation sites excluding steroid dienone is 1. The van der Waals surface area contributed by atoms with E-state index in [2.05, 4.69) is 10.5 Å². The first-order chi connectivity index (χ1) is 17.5. The van der Waals surface area contributed by atoms with E-state index in [4.69, 9.17) is 28.5 Å². The van der Waals surface area contributed by atoms with Crippen LogP contribution in [0.5, 0.6) is 17.2 Å². The number of benzene rings is 2. The molecular formula is C26H30N4O6. The van der Waals surface area contributed by atoms with Crippen LogP contribution >= 0.6 is 0 Å². The molecule has 2 heterocycles. The third kappa shape index (κ3) is 4.99. The Labute approximate surface area is 209 Å². The van der Waals surface area contributed by atoms with Gasteiger partial charge < -0.3 is 28.8 Å². The molecule has 1 aliphatic heterocycles. The minimum Gasteiger partial charge on any atom is -0.497 e. The Morgan fingerprint density at radius 3 is 2.56 bits per heavy atom. The fourth-order valence-corrected chi connectivity index (χ4v) is 4.19. The minimum atomic E-state index is -0.509. The summed E-state index contributed by atoms with van der Waals surface area (Å²) in [6.07, 6.45) is 0.680. The van der Waals surface area contributed by atoms with Crippen molar-refractivity contribution in [2.45, 2.75) is 19.4 Å². The number of carbonyl (C=O) groups is 1. The third-order valence-corrected chi connectivity index (χ3v) is 6.05. The van der Waals surface area contributed by atoms with Crippen molar-refractivity contribution in [1.82, 2.24) is 20.4 Å². The summed E-state index contributed by atoms with van der Waals surface area (Å²) in [4.78, 5) is 19.5.